The zero-order valence-corrected chi connectivity index (χ0v) is 15.4. The summed E-state index contributed by atoms with van der Waals surface area (Å²) in [6, 6.07) is 4.83. The fourth-order valence-electron chi connectivity index (χ4n) is 2.42. The first-order valence-electron chi connectivity index (χ1n) is 8.45. The Hall–Kier alpha value is -0.945. The molecule has 6 heteroatoms. The van der Waals surface area contributed by atoms with Gasteiger partial charge in [0.25, 0.3) is 0 Å². The molecule has 0 amide bonds. The number of benzene rings is 1. The smallest absolute Gasteiger partial charge is 0.399 e. The van der Waals surface area contributed by atoms with Crippen LogP contribution in [0.25, 0.3) is 0 Å². The van der Waals surface area contributed by atoms with Crippen LogP contribution in [-0.2, 0) is 20.5 Å². The third kappa shape index (κ3) is 4.36. The van der Waals surface area contributed by atoms with Gasteiger partial charge in [-0.15, -0.1) is 0 Å². The molecule has 0 aliphatic carbocycles. The Labute approximate surface area is 144 Å². The summed E-state index contributed by atoms with van der Waals surface area (Å²) in [4.78, 5) is 0. The van der Waals surface area contributed by atoms with Gasteiger partial charge >= 0.3 is 7.12 Å². The maximum atomic E-state index is 14.5. The molecule has 134 valence electrons. The summed E-state index contributed by atoms with van der Waals surface area (Å²) in [6.07, 6.45) is -0.692. The van der Waals surface area contributed by atoms with Gasteiger partial charge in [0.1, 0.15) is 5.82 Å². The molecule has 0 radical (unpaired) electrons. The van der Waals surface area contributed by atoms with Crippen LogP contribution in [0.1, 0.15) is 47.1 Å². The maximum Gasteiger partial charge on any atom is 0.497 e. The minimum absolute atomic E-state index is 0.243. The molecule has 0 spiro atoms. The van der Waals surface area contributed by atoms with Crippen molar-refractivity contribution in [2.75, 3.05) is 6.61 Å². The molecule has 1 unspecified atom stereocenters. The lowest BCUT2D eigenvalue weighted by molar-refractivity contribution is -0.105. The molecule has 1 aromatic rings. The van der Waals surface area contributed by atoms with Gasteiger partial charge in [-0.25, -0.2) is 4.39 Å². The molecule has 2 rings (SSSR count). The Morgan fingerprint density at radius 1 is 1.17 bits per heavy atom. The Morgan fingerprint density at radius 3 is 2.25 bits per heavy atom. The van der Waals surface area contributed by atoms with Crippen LogP contribution in [0.5, 0.6) is 0 Å². The van der Waals surface area contributed by atoms with E-state index in [1.165, 1.54) is 6.07 Å². The lowest BCUT2D eigenvalue weighted by Crippen LogP contribution is -2.41. The predicted octanol–water partition coefficient (Wildman–Crippen LogP) is 2.66. The van der Waals surface area contributed by atoms with Crippen LogP contribution in [-0.4, -0.2) is 36.3 Å². The molecule has 1 aliphatic rings. The van der Waals surface area contributed by atoms with Crippen molar-refractivity contribution in [2.45, 2.75) is 65.5 Å². The number of hydrogen-bond acceptors (Lipinski definition) is 4. The summed E-state index contributed by atoms with van der Waals surface area (Å²) >= 11 is 0. The van der Waals surface area contributed by atoms with Gasteiger partial charge in [-0.05, 0) is 45.2 Å². The summed E-state index contributed by atoms with van der Waals surface area (Å²) in [7, 11) is -0.730. The molecular formula is C18H28BFO4. The van der Waals surface area contributed by atoms with E-state index < -0.39 is 30.4 Å². The minimum Gasteiger partial charge on any atom is -0.399 e. The molecular weight excluding hydrogens is 310 g/mol. The number of aliphatic hydroxyl groups is 1. The average molecular weight is 338 g/mol. The first-order chi connectivity index (χ1) is 11.0. The molecule has 1 atom stereocenters. The summed E-state index contributed by atoms with van der Waals surface area (Å²) in [5, 5.41) is 9.87. The van der Waals surface area contributed by atoms with Crippen molar-refractivity contribution < 1.29 is 23.5 Å². The van der Waals surface area contributed by atoms with E-state index in [0.717, 1.165) is 0 Å². The van der Waals surface area contributed by atoms with Crippen molar-refractivity contribution in [1.29, 1.82) is 0 Å². The van der Waals surface area contributed by atoms with Gasteiger partial charge in [0.05, 0.1) is 17.8 Å². The van der Waals surface area contributed by atoms with E-state index in [2.05, 4.69) is 0 Å². The van der Waals surface area contributed by atoms with Gasteiger partial charge in [0.2, 0.25) is 0 Å². The molecule has 4 nitrogen and oxygen atoms in total. The van der Waals surface area contributed by atoms with E-state index in [4.69, 9.17) is 14.0 Å². The maximum absolute atomic E-state index is 14.5. The number of ether oxygens (including phenoxy) is 1. The Balaban J connectivity index is 2.05. The van der Waals surface area contributed by atoms with Crippen LogP contribution < -0.4 is 5.46 Å². The lowest BCUT2D eigenvalue weighted by atomic mass is 9.78. The van der Waals surface area contributed by atoms with Crippen LogP contribution in [0.4, 0.5) is 4.39 Å². The topological polar surface area (TPSA) is 47.9 Å². The van der Waals surface area contributed by atoms with Gasteiger partial charge in [0, 0.05) is 11.9 Å². The normalized spacial score (nSPS) is 20.6. The third-order valence-electron chi connectivity index (χ3n) is 4.60. The largest absolute Gasteiger partial charge is 0.497 e. The Morgan fingerprint density at radius 2 is 1.75 bits per heavy atom. The first kappa shape index (κ1) is 19.4. The third-order valence-corrected chi connectivity index (χ3v) is 4.60. The lowest BCUT2D eigenvalue weighted by Gasteiger charge is -2.32. The number of aliphatic hydroxyl groups excluding tert-OH is 1. The standard InChI is InChI=1S/C18H28BFO4/c1-12(2)11-22-16(21)10-13-7-8-14(15(20)9-13)19-23-17(3,4)18(5,6)24-19/h7-9,12,16,21H,10-11H2,1-6H3. The first-order valence-corrected chi connectivity index (χ1v) is 8.45. The van der Waals surface area contributed by atoms with E-state index in [1.807, 2.05) is 41.5 Å². The fraction of sp³-hybridized carbons (Fsp3) is 0.667. The summed E-state index contributed by atoms with van der Waals surface area (Å²) in [5.74, 6) is -0.0656. The Bertz CT molecular complexity index is 558. The minimum atomic E-state index is -0.936. The van der Waals surface area contributed by atoms with Crippen molar-refractivity contribution in [3.8, 4) is 0 Å². The van der Waals surface area contributed by atoms with E-state index in [-0.39, 0.29) is 6.42 Å². The van der Waals surface area contributed by atoms with Gasteiger partial charge < -0.3 is 19.2 Å². The van der Waals surface area contributed by atoms with Gasteiger partial charge in [-0.1, -0.05) is 26.0 Å². The molecule has 1 N–H and O–H groups in total. The van der Waals surface area contributed by atoms with Gasteiger partial charge in [-0.3, -0.25) is 0 Å². The second-order valence-corrected chi connectivity index (χ2v) is 7.83. The van der Waals surface area contributed by atoms with Crippen molar-refractivity contribution in [2.24, 2.45) is 5.92 Å². The number of halogens is 1. The molecule has 1 heterocycles. The second kappa shape index (κ2) is 7.12. The van der Waals surface area contributed by atoms with Crippen LogP contribution in [0.15, 0.2) is 18.2 Å². The molecule has 1 aromatic carbocycles. The molecule has 1 saturated heterocycles. The summed E-state index contributed by atoms with van der Waals surface area (Å²) < 4.78 is 31.6. The van der Waals surface area contributed by atoms with Crippen molar-refractivity contribution in [3.63, 3.8) is 0 Å². The fourth-order valence-corrected chi connectivity index (χ4v) is 2.42. The van der Waals surface area contributed by atoms with Crippen LogP contribution >= 0.6 is 0 Å². The summed E-state index contributed by atoms with van der Waals surface area (Å²) in [5.41, 5.74) is 0.0202. The highest BCUT2D eigenvalue weighted by atomic mass is 19.1. The second-order valence-electron chi connectivity index (χ2n) is 7.83. The molecule has 0 aromatic heterocycles. The van der Waals surface area contributed by atoms with Crippen LogP contribution in [0.2, 0.25) is 0 Å². The number of hydrogen-bond donors (Lipinski definition) is 1. The van der Waals surface area contributed by atoms with Crippen LogP contribution in [0.3, 0.4) is 0 Å². The number of rotatable bonds is 6. The van der Waals surface area contributed by atoms with E-state index in [0.29, 0.717) is 23.6 Å². The highest BCUT2D eigenvalue weighted by molar-refractivity contribution is 6.62. The highest BCUT2D eigenvalue weighted by Crippen LogP contribution is 2.36. The molecule has 0 saturated carbocycles. The van der Waals surface area contributed by atoms with Crippen molar-refractivity contribution in [3.05, 3.63) is 29.6 Å². The highest BCUT2D eigenvalue weighted by Gasteiger charge is 2.52. The monoisotopic (exact) mass is 338 g/mol. The summed E-state index contributed by atoms with van der Waals surface area (Å²) in [6.45, 7) is 12.2. The van der Waals surface area contributed by atoms with Crippen molar-refractivity contribution >= 4 is 12.6 Å². The SMILES string of the molecule is CC(C)COC(O)Cc1ccc(B2OC(C)(C)C(C)(C)O2)c(F)c1. The molecule has 24 heavy (non-hydrogen) atoms. The zero-order chi connectivity index (χ0) is 18.1. The molecule has 1 aliphatic heterocycles. The van der Waals surface area contributed by atoms with Gasteiger partial charge in [0.15, 0.2) is 6.29 Å². The van der Waals surface area contributed by atoms with Gasteiger partial charge in [-0.2, -0.15) is 0 Å². The Kier molecular flexibility index (Phi) is 5.75. The average Bonchev–Trinajstić information content (AvgIpc) is 2.65. The molecule has 1 fully saturated rings. The predicted molar refractivity (Wildman–Crippen MR) is 92.6 cm³/mol. The van der Waals surface area contributed by atoms with Crippen LogP contribution in [0, 0.1) is 11.7 Å². The van der Waals surface area contributed by atoms with E-state index in [1.54, 1.807) is 12.1 Å². The quantitative estimate of drug-likeness (QED) is 0.640. The molecule has 0 bridgehead atoms. The zero-order valence-electron chi connectivity index (χ0n) is 15.4. The van der Waals surface area contributed by atoms with E-state index in [9.17, 15) is 9.50 Å². The van der Waals surface area contributed by atoms with E-state index >= 15 is 0 Å². The van der Waals surface area contributed by atoms with Crippen molar-refractivity contribution in [1.82, 2.24) is 0 Å².